The van der Waals surface area contributed by atoms with Crippen molar-refractivity contribution in [3.05, 3.63) is 46.6 Å². The largest absolute Gasteiger partial charge is 0.508 e. The Morgan fingerprint density at radius 3 is 2.77 bits per heavy atom. The van der Waals surface area contributed by atoms with E-state index in [1.165, 1.54) is 16.8 Å². The number of nitrogens with one attached hydrogen (secondary N) is 2. The van der Waals surface area contributed by atoms with Gasteiger partial charge in [0.15, 0.2) is 5.69 Å². The summed E-state index contributed by atoms with van der Waals surface area (Å²) in [6.07, 6.45) is 4.86. The van der Waals surface area contributed by atoms with E-state index in [1.807, 2.05) is 0 Å². The number of hydrogen-bond acceptors (Lipinski definition) is 8. The van der Waals surface area contributed by atoms with Gasteiger partial charge in [0.2, 0.25) is 11.8 Å². The van der Waals surface area contributed by atoms with Crippen LogP contribution in [0.1, 0.15) is 37.8 Å². The molecule has 2 aromatic heterocycles. The second kappa shape index (κ2) is 10.3. The number of nitrogens with two attached hydrogens (primary N) is 1. The second-order valence-corrected chi connectivity index (χ2v) is 7.02. The van der Waals surface area contributed by atoms with Crippen molar-refractivity contribution in [2.45, 2.75) is 38.5 Å². The molecule has 0 fully saturated rings. The van der Waals surface area contributed by atoms with Gasteiger partial charge in [0.05, 0.1) is 11.9 Å². The summed E-state index contributed by atoms with van der Waals surface area (Å²) in [5.74, 6) is 4.70. The van der Waals surface area contributed by atoms with Gasteiger partial charge in [-0.3, -0.25) is 15.0 Å². The van der Waals surface area contributed by atoms with E-state index in [2.05, 4.69) is 21.1 Å². The van der Waals surface area contributed by atoms with Crippen molar-refractivity contribution < 1.29 is 19.1 Å². The zero-order valence-electron chi connectivity index (χ0n) is 16.8. The van der Waals surface area contributed by atoms with Gasteiger partial charge in [0.1, 0.15) is 11.3 Å². The van der Waals surface area contributed by atoms with Crippen LogP contribution in [0.25, 0.3) is 16.7 Å². The number of phenols is 1. The van der Waals surface area contributed by atoms with E-state index < -0.39 is 5.63 Å². The third kappa shape index (κ3) is 6.12. The average molecular weight is 428 g/mol. The fourth-order valence-corrected chi connectivity index (χ4v) is 3.00. The molecule has 2 amide bonds. The van der Waals surface area contributed by atoms with Crippen molar-refractivity contribution in [2.75, 3.05) is 6.54 Å². The molecule has 11 nitrogen and oxygen atoms in total. The van der Waals surface area contributed by atoms with E-state index in [-0.39, 0.29) is 35.3 Å². The highest BCUT2D eigenvalue weighted by Gasteiger charge is 2.12. The number of hydrogen-bond donors (Lipinski definition) is 4. The molecule has 0 radical (unpaired) electrons. The predicted molar refractivity (Wildman–Crippen MR) is 111 cm³/mol. The van der Waals surface area contributed by atoms with Gasteiger partial charge < -0.3 is 14.8 Å². The minimum atomic E-state index is -0.615. The van der Waals surface area contributed by atoms with Crippen molar-refractivity contribution >= 4 is 22.8 Å². The first-order valence-corrected chi connectivity index (χ1v) is 9.91. The van der Waals surface area contributed by atoms with Gasteiger partial charge in [-0.1, -0.05) is 11.6 Å². The Hall–Kier alpha value is -3.73. The number of aromatic hydroxyl groups is 1. The fourth-order valence-electron chi connectivity index (χ4n) is 3.00. The highest BCUT2D eigenvalue weighted by molar-refractivity contribution is 5.79. The number of aromatic nitrogens is 3. The molecular weight excluding hydrogens is 404 g/mol. The van der Waals surface area contributed by atoms with Crippen molar-refractivity contribution in [3.63, 3.8) is 0 Å². The Bertz CT molecular complexity index is 1120. The van der Waals surface area contributed by atoms with E-state index in [9.17, 15) is 19.5 Å². The summed E-state index contributed by atoms with van der Waals surface area (Å²) in [6, 6.07) is 6.09. The van der Waals surface area contributed by atoms with Crippen LogP contribution in [-0.4, -0.2) is 38.5 Å². The van der Waals surface area contributed by atoms with Crippen molar-refractivity contribution in [2.24, 2.45) is 5.84 Å². The lowest BCUT2D eigenvalue weighted by molar-refractivity contribution is -0.122. The molecule has 0 unspecified atom stereocenters. The maximum absolute atomic E-state index is 12.2. The van der Waals surface area contributed by atoms with Crippen molar-refractivity contribution in [1.29, 1.82) is 0 Å². The summed E-state index contributed by atoms with van der Waals surface area (Å²) in [6.45, 7) is 0.531. The van der Waals surface area contributed by atoms with Crippen LogP contribution < -0.4 is 22.2 Å². The minimum absolute atomic E-state index is 0.00344. The van der Waals surface area contributed by atoms with Gasteiger partial charge in [0, 0.05) is 37.3 Å². The number of aryl methyl sites for hydroxylation is 1. The summed E-state index contributed by atoms with van der Waals surface area (Å²) in [7, 11) is 0. The molecule has 3 aromatic rings. The summed E-state index contributed by atoms with van der Waals surface area (Å²) >= 11 is 0. The lowest BCUT2D eigenvalue weighted by Gasteiger charge is -2.04. The molecule has 11 heteroatoms. The minimum Gasteiger partial charge on any atom is -0.508 e. The molecule has 1 aromatic carbocycles. The Morgan fingerprint density at radius 1 is 1.13 bits per heavy atom. The molecule has 0 saturated heterocycles. The summed E-state index contributed by atoms with van der Waals surface area (Å²) in [4.78, 5) is 35.2. The van der Waals surface area contributed by atoms with E-state index in [1.54, 1.807) is 18.3 Å². The number of unbranched alkanes of at least 4 members (excludes halogenated alkanes) is 2. The highest BCUT2D eigenvalue weighted by atomic mass is 16.4. The number of amides is 2. The van der Waals surface area contributed by atoms with Crippen molar-refractivity contribution in [1.82, 2.24) is 25.7 Å². The first-order valence-electron chi connectivity index (χ1n) is 9.91. The molecule has 0 aliphatic carbocycles. The Morgan fingerprint density at radius 2 is 1.97 bits per heavy atom. The van der Waals surface area contributed by atoms with Crippen LogP contribution in [-0.2, 0) is 16.0 Å². The third-order valence-electron chi connectivity index (χ3n) is 4.66. The van der Waals surface area contributed by atoms with Crippen LogP contribution in [0, 0.1) is 0 Å². The molecule has 0 aliphatic heterocycles. The summed E-state index contributed by atoms with van der Waals surface area (Å²) in [5, 5.41) is 20.9. The molecule has 0 atom stereocenters. The average Bonchev–Trinajstić information content (AvgIpc) is 3.22. The normalized spacial score (nSPS) is 10.9. The standard InChI is InChI=1S/C20H24N6O5/c21-23-19(29)4-2-1-3-9-22-18(28)8-6-14-12-26(25-24-14)16-10-13-5-7-15(27)11-17(13)31-20(16)30/h5,7,10-12,27H,1-4,6,8-9,21H2,(H,22,28)(H,23,29). The zero-order chi connectivity index (χ0) is 22.2. The molecule has 2 heterocycles. The maximum Gasteiger partial charge on any atom is 0.362 e. The molecule has 3 rings (SSSR count). The lowest BCUT2D eigenvalue weighted by Crippen LogP contribution is -2.29. The van der Waals surface area contributed by atoms with Crippen LogP contribution in [0.3, 0.4) is 0 Å². The van der Waals surface area contributed by atoms with Crippen LogP contribution >= 0.6 is 0 Å². The highest BCUT2D eigenvalue weighted by Crippen LogP contribution is 2.20. The number of fused-ring (bicyclic) bond motifs is 1. The molecule has 0 saturated carbocycles. The van der Waals surface area contributed by atoms with Crippen molar-refractivity contribution in [3.8, 4) is 11.4 Å². The smallest absolute Gasteiger partial charge is 0.362 e. The number of carbonyl (C=O) groups excluding carboxylic acids is 2. The van der Waals surface area contributed by atoms with Gasteiger partial charge in [-0.05, 0) is 31.0 Å². The third-order valence-corrected chi connectivity index (χ3v) is 4.66. The van der Waals surface area contributed by atoms with Gasteiger partial charge in [-0.2, -0.15) is 0 Å². The first kappa shape index (κ1) is 22.0. The second-order valence-electron chi connectivity index (χ2n) is 7.02. The predicted octanol–water partition coefficient (Wildman–Crippen LogP) is 0.678. The fraction of sp³-hybridized carbons (Fsp3) is 0.350. The SMILES string of the molecule is NNC(=O)CCCCCNC(=O)CCc1cn(-c2cc3ccc(O)cc3oc2=O)nn1. The van der Waals surface area contributed by atoms with Gasteiger partial charge >= 0.3 is 5.63 Å². The summed E-state index contributed by atoms with van der Waals surface area (Å²) < 4.78 is 6.54. The van der Waals surface area contributed by atoms with Crippen LogP contribution in [0.5, 0.6) is 5.75 Å². The number of carbonyl (C=O) groups is 2. The molecule has 0 aliphatic rings. The van der Waals surface area contributed by atoms with E-state index >= 15 is 0 Å². The summed E-state index contributed by atoms with van der Waals surface area (Å²) in [5.41, 5.74) is 2.48. The van der Waals surface area contributed by atoms with Crippen LogP contribution in [0.15, 0.2) is 39.7 Å². The van der Waals surface area contributed by atoms with Crippen LogP contribution in [0.4, 0.5) is 0 Å². The van der Waals surface area contributed by atoms with Gasteiger partial charge in [0.25, 0.3) is 0 Å². The number of hydrazine groups is 1. The lowest BCUT2D eigenvalue weighted by atomic mass is 10.2. The zero-order valence-corrected chi connectivity index (χ0v) is 16.8. The first-order chi connectivity index (χ1) is 15.0. The monoisotopic (exact) mass is 428 g/mol. The Kier molecular flexibility index (Phi) is 7.33. The molecule has 0 spiro atoms. The van der Waals surface area contributed by atoms with Gasteiger partial charge in [-0.25, -0.2) is 15.3 Å². The molecule has 5 N–H and O–H groups in total. The molecular formula is C20H24N6O5. The Labute approximate surface area is 177 Å². The number of rotatable bonds is 10. The van der Waals surface area contributed by atoms with Gasteiger partial charge in [-0.15, -0.1) is 5.10 Å². The van der Waals surface area contributed by atoms with E-state index in [4.69, 9.17) is 10.3 Å². The topological polar surface area (TPSA) is 165 Å². The van der Waals surface area contributed by atoms with Crippen LogP contribution in [0.2, 0.25) is 0 Å². The Balaban J connectivity index is 1.48. The number of benzene rings is 1. The number of phenolic OH excluding ortho intramolecular Hbond substituents is 1. The van der Waals surface area contributed by atoms with E-state index in [0.717, 1.165) is 12.8 Å². The molecule has 164 valence electrons. The maximum atomic E-state index is 12.2. The van der Waals surface area contributed by atoms with E-state index in [0.29, 0.717) is 36.9 Å². The molecule has 0 bridgehead atoms. The number of nitrogens with zero attached hydrogens (tertiary/aromatic N) is 3. The quantitative estimate of drug-likeness (QED) is 0.120. The molecule has 31 heavy (non-hydrogen) atoms.